The summed E-state index contributed by atoms with van der Waals surface area (Å²) in [7, 11) is -4.26. The Balaban J connectivity index is 2.53. The molecule has 0 aliphatic carbocycles. The summed E-state index contributed by atoms with van der Waals surface area (Å²) in [6, 6.07) is 4.58. The summed E-state index contributed by atoms with van der Waals surface area (Å²) in [6.45, 7) is 3.03. The van der Waals surface area contributed by atoms with Crippen molar-refractivity contribution in [3.63, 3.8) is 0 Å². The molecule has 2 aromatic carbocycles. The molecule has 0 atom stereocenters. The van der Waals surface area contributed by atoms with E-state index in [4.69, 9.17) is 0 Å². The maximum absolute atomic E-state index is 13.6. The molecule has 122 valence electrons. The molecule has 0 aliphatic rings. The second-order valence-electron chi connectivity index (χ2n) is 4.93. The van der Waals surface area contributed by atoms with Gasteiger partial charge in [-0.1, -0.05) is 0 Å². The van der Waals surface area contributed by atoms with Gasteiger partial charge >= 0.3 is 0 Å². The lowest BCUT2D eigenvalue weighted by molar-refractivity contribution is -0.255. The topological polar surface area (TPSA) is 86.3 Å². The highest BCUT2D eigenvalue weighted by atomic mass is 32.2. The van der Waals surface area contributed by atoms with Crippen molar-refractivity contribution in [2.24, 2.45) is 0 Å². The minimum Gasteiger partial charge on any atom is -0.545 e. The van der Waals surface area contributed by atoms with Crippen LogP contribution in [0.2, 0.25) is 0 Å². The van der Waals surface area contributed by atoms with Crippen molar-refractivity contribution in [3.05, 3.63) is 58.7 Å². The maximum Gasteiger partial charge on any atom is 0.262 e. The van der Waals surface area contributed by atoms with Gasteiger partial charge in [0.25, 0.3) is 10.0 Å². The first-order valence-corrected chi connectivity index (χ1v) is 7.90. The summed E-state index contributed by atoms with van der Waals surface area (Å²) in [4.78, 5) is 10.6. The minimum atomic E-state index is -4.26. The Labute approximate surface area is 131 Å². The number of aromatic carboxylic acids is 1. The van der Waals surface area contributed by atoms with E-state index in [1.165, 1.54) is 13.0 Å². The van der Waals surface area contributed by atoms with Crippen molar-refractivity contribution in [1.29, 1.82) is 0 Å². The van der Waals surface area contributed by atoms with Crippen molar-refractivity contribution in [2.75, 3.05) is 4.72 Å². The molecule has 23 heavy (non-hydrogen) atoms. The summed E-state index contributed by atoms with van der Waals surface area (Å²) in [5.74, 6) is -3.46. The van der Waals surface area contributed by atoms with E-state index in [9.17, 15) is 27.1 Å². The van der Waals surface area contributed by atoms with Gasteiger partial charge in [-0.05, 0) is 54.8 Å². The number of benzene rings is 2. The normalized spacial score (nSPS) is 11.3. The molecule has 0 aliphatic heterocycles. The van der Waals surface area contributed by atoms with Crippen LogP contribution in [0.15, 0.2) is 35.2 Å². The average molecular weight is 340 g/mol. The molecule has 0 bridgehead atoms. The predicted octanol–water partition coefficient (Wildman–Crippen LogP) is 1.75. The van der Waals surface area contributed by atoms with Gasteiger partial charge in [0, 0.05) is 6.07 Å². The average Bonchev–Trinajstić information content (AvgIpc) is 2.44. The molecule has 0 radical (unpaired) electrons. The number of aryl methyl sites for hydroxylation is 1. The van der Waals surface area contributed by atoms with Crippen molar-refractivity contribution in [1.82, 2.24) is 0 Å². The Kier molecular flexibility index (Phi) is 4.37. The number of hydrogen-bond acceptors (Lipinski definition) is 4. The van der Waals surface area contributed by atoms with Gasteiger partial charge in [-0.2, -0.15) is 0 Å². The third-order valence-electron chi connectivity index (χ3n) is 3.32. The molecule has 0 amide bonds. The van der Waals surface area contributed by atoms with Crippen LogP contribution in [0.1, 0.15) is 21.5 Å². The molecule has 0 saturated carbocycles. The first-order valence-electron chi connectivity index (χ1n) is 6.42. The Morgan fingerprint density at radius 1 is 1.13 bits per heavy atom. The highest BCUT2D eigenvalue weighted by Crippen LogP contribution is 2.25. The number of carbonyl (C=O) groups is 1. The molecule has 0 aromatic heterocycles. The van der Waals surface area contributed by atoms with Gasteiger partial charge in [0.2, 0.25) is 0 Å². The zero-order valence-electron chi connectivity index (χ0n) is 12.2. The van der Waals surface area contributed by atoms with Crippen LogP contribution < -0.4 is 9.83 Å². The van der Waals surface area contributed by atoms with E-state index >= 15 is 0 Å². The van der Waals surface area contributed by atoms with E-state index in [0.717, 1.165) is 18.2 Å². The van der Waals surface area contributed by atoms with Crippen molar-refractivity contribution in [3.8, 4) is 0 Å². The van der Waals surface area contributed by atoms with E-state index in [1.807, 2.05) is 4.72 Å². The Morgan fingerprint density at radius 2 is 1.78 bits per heavy atom. The fourth-order valence-electron chi connectivity index (χ4n) is 2.00. The van der Waals surface area contributed by atoms with Crippen molar-refractivity contribution >= 4 is 21.7 Å². The smallest absolute Gasteiger partial charge is 0.262 e. The van der Waals surface area contributed by atoms with Crippen LogP contribution in [-0.4, -0.2) is 14.4 Å². The number of nitrogens with one attached hydrogen (secondary N) is 1. The van der Waals surface area contributed by atoms with E-state index in [1.54, 1.807) is 6.92 Å². The van der Waals surface area contributed by atoms with Gasteiger partial charge < -0.3 is 9.90 Å². The molecule has 5 nitrogen and oxygen atoms in total. The number of rotatable bonds is 4. The van der Waals surface area contributed by atoms with Crippen LogP contribution in [0.4, 0.5) is 14.5 Å². The fraction of sp³-hybridized carbons (Fsp3) is 0.133. The monoisotopic (exact) mass is 340 g/mol. The highest BCUT2D eigenvalue weighted by molar-refractivity contribution is 7.92. The van der Waals surface area contributed by atoms with Crippen LogP contribution in [0.5, 0.6) is 0 Å². The number of carbonyl (C=O) groups excluding carboxylic acids is 1. The van der Waals surface area contributed by atoms with E-state index in [0.29, 0.717) is 17.2 Å². The number of sulfonamides is 1. The Morgan fingerprint density at radius 3 is 2.35 bits per heavy atom. The number of carboxylic acids is 1. The second kappa shape index (κ2) is 5.96. The standard InChI is InChI=1S/C15H13F2NO4S/c1-8-5-10(15(19)20)6-14(9(8)2)23(21,22)18-13-4-3-11(16)7-12(13)17/h3-7,18H,1-2H3,(H,19,20)/p-1. The molecule has 0 spiro atoms. The van der Waals surface area contributed by atoms with Crippen molar-refractivity contribution in [2.45, 2.75) is 18.7 Å². The summed E-state index contributed by atoms with van der Waals surface area (Å²) in [5.41, 5.74) is -0.0213. The van der Waals surface area contributed by atoms with Crippen LogP contribution >= 0.6 is 0 Å². The van der Waals surface area contributed by atoms with Gasteiger partial charge in [-0.3, -0.25) is 4.72 Å². The van der Waals surface area contributed by atoms with Crippen LogP contribution in [0.25, 0.3) is 0 Å². The zero-order valence-corrected chi connectivity index (χ0v) is 13.0. The minimum absolute atomic E-state index is 0.310. The molecule has 0 saturated heterocycles. The largest absolute Gasteiger partial charge is 0.545 e. The Hall–Kier alpha value is -2.48. The molecule has 8 heteroatoms. The lowest BCUT2D eigenvalue weighted by Gasteiger charge is -2.15. The highest BCUT2D eigenvalue weighted by Gasteiger charge is 2.21. The summed E-state index contributed by atoms with van der Waals surface area (Å²) in [6.07, 6.45) is 0. The number of anilines is 1. The lowest BCUT2D eigenvalue weighted by atomic mass is 10.1. The van der Waals surface area contributed by atoms with Crippen LogP contribution in [0.3, 0.4) is 0 Å². The maximum atomic E-state index is 13.6. The number of hydrogen-bond donors (Lipinski definition) is 1. The second-order valence-corrected chi connectivity index (χ2v) is 6.58. The third kappa shape index (κ3) is 3.48. The zero-order chi connectivity index (χ0) is 17.4. The molecule has 2 rings (SSSR count). The van der Waals surface area contributed by atoms with Crippen molar-refractivity contribution < 1.29 is 27.1 Å². The molecular weight excluding hydrogens is 328 g/mol. The summed E-state index contributed by atoms with van der Waals surface area (Å²) in [5, 5.41) is 11.0. The molecule has 0 unspecified atom stereocenters. The number of carboxylic acid groups (broad SMARTS) is 1. The number of halogens is 2. The van der Waals surface area contributed by atoms with E-state index in [2.05, 4.69) is 0 Å². The summed E-state index contributed by atoms with van der Waals surface area (Å²) >= 11 is 0. The van der Waals surface area contributed by atoms with Crippen LogP contribution in [-0.2, 0) is 10.0 Å². The first kappa shape index (κ1) is 16.9. The SMILES string of the molecule is Cc1cc(C(=O)[O-])cc(S(=O)(=O)Nc2ccc(F)cc2F)c1C. The molecular formula is C15H12F2NO4S-. The van der Waals surface area contributed by atoms with E-state index in [-0.39, 0.29) is 10.5 Å². The Bertz CT molecular complexity index is 895. The molecule has 1 N–H and O–H groups in total. The van der Waals surface area contributed by atoms with E-state index < -0.39 is 33.3 Å². The van der Waals surface area contributed by atoms with Gasteiger partial charge in [-0.15, -0.1) is 0 Å². The molecule has 2 aromatic rings. The quantitative estimate of drug-likeness (QED) is 0.919. The van der Waals surface area contributed by atoms with Gasteiger partial charge in [0.05, 0.1) is 16.6 Å². The lowest BCUT2D eigenvalue weighted by Crippen LogP contribution is -2.24. The fourth-order valence-corrected chi connectivity index (χ4v) is 3.41. The first-order chi connectivity index (χ1) is 10.6. The van der Waals surface area contributed by atoms with Crippen LogP contribution in [0, 0.1) is 25.5 Å². The predicted molar refractivity (Wildman–Crippen MR) is 77.4 cm³/mol. The van der Waals surface area contributed by atoms with Gasteiger partial charge in [0.15, 0.2) is 0 Å². The third-order valence-corrected chi connectivity index (χ3v) is 4.81. The summed E-state index contributed by atoms with van der Waals surface area (Å²) < 4.78 is 53.3. The van der Waals surface area contributed by atoms with Gasteiger partial charge in [-0.25, -0.2) is 17.2 Å². The molecule has 0 heterocycles. The molecule has 0 fully saturated rings. The van der Waals surface area contributed by atoms with Gasteiger partial charge in [0.1, 0.15) is 11.6 Å².